The lowest BCUT2D eigenvalue weighted by Crippen LogP contribution is -2.10. The lowest BCUT2D eigenvalue weighted by atomic mass is 9.93. The predicted octanol–water partition coefficient (Wildman–Crippen LogP) is 1.72. The Kier molecular flexibility index (Phi) is 3.45. The average molecular weight is 218 g/mol. The highest BCUT2D eigenvalue weighted by atomic mass is 16.1. The molecule has 0 atom stereocenters. The van der Waals surface area contributed by atoms with E-state index in [1.54, 1.807) is 0 Å². The van der Waals surface area contributed by atoms with E-state index in [0.29, 0.717) is 12.6 Å². The zero-order valence-corrected chi connectivity index (χ0v) is 8.94. The van der Waals surface area contributed by atoms with Crippen LogP contribution in [0.15, 0.2) is 12.1 Å². The van der Waals surface area contributed by atoms with Gasteiger partial charge < -0.3 is 0 Å². The van der Waals surface area contributed by atoms with Crippen molar-refractivity contribution in [3.05, 3.63) is 34.4 Å². The molecular formula is C12H10O4. The van der Waals surface area contributed by atoms with E-state index in [4.69, 9.17) is 0 Å². The van der Waals surface area contributed by atoms with Crippen molar-refractivity contribution >= 4 is 24.1 Å². The highest BCUT2D eigenvalue weighted by Gasteiger charge is 2.18. The molecule has 0 radical (unpaired) electrons. The number of rotatable bonds is 4. The van der Waals surface area contributed by atoms with Crippen LogP contribution in [0.1, 0.15) is 55.3 Å². The number of benzene rings is 1. The fourth-order valence-corrected chi connectivity index (χ4v) is 1.54. The molecule has 4 heteroatoms. The summed E-state index contributed by atoms with van der Waals surface area (Å²) in [6.45, 7) is 2.56. The van der Waals surface area contributed by atoms with E-state index in [9.17, 15) is 19.2 Å². The van der Waals surface area contributed by atoms with Gasteiger partial charge in [-0.3, -0.25) is 19.2 Å². The first-order valence-corrected chi connectivity index (χ1v) is 4.62. The van der Waals surface area contributed by atoms with Crippen LogP contribution in [0.4, 0.5) is 0 Å². The molecule has 16 heavy (non-hydrogen) atoms. The van der Waals surface area contributed by atoms with Gasteiger partial charge in [-0.1, -0.05) is 6.07 Å². The average Bonchev–Trinajstić information content (AvgIpc) is 2.26. The van der Waals surface area contributed by atoms with Crippen molar-refractivity contribution in [3.8, 4) is 0 Å². The van der Waals surface area contributed by atoms with Crippen molar-refractivity contribution in [2.75, 3.05) is 0 Å². The summed E-state index contributed by atoms with van der Waals surface area (Å²) in [5, 5.41) is 0. The van der Waals surface area contributed by atoms with Crippen LogP contribution < -0.4 is 0 Å². The molecule has 0 spiro atoms. The van der Waals surface area contributed by atoms with Gasteiger partial charge >= 0.3 is 0 Å². The normalized spacial score (nSPS) is 9.62. The van der Waals surface area contributed by atoms with E-state index in [-0.39, 0.29) is 28.0 Å². The molecule has 82 valence electrons. The second-order valence-corrected chi connectivity index (χ2v) is 3.34. The van der Waals surface area contributed by atoms with Crippen molar-refractivity contribution in [1.29, 1.82) is 0 Å². The number of ketones is 2. The molecule has 0 N–H and O–H groups in total. The number of aldehydes is 2. The van der Waals surface area contributed by atoms with Gasteiger partial charge in [-0.2, -0.15) is 0 Å². The van der Waals surface area contributed by atoms with Crippen LogP contribution in [0.3, 0.4) is 0 Å². The SMILES string of the molecule is CC(=O)c1ccc(C=O)c(C=O)c1C(C)=O. The van der Waals surface area contributed by atoms with Gasteiger partial charge in [0, 0.05) is 22.3 Å². The van der Waals surface area contributed by atoms with Crippen LogP contribution in [0, 0.1) is 0 Å². The van der Waals surface area contributed by atoms with Gasteiger partial charge in [-0.05, 0) is 19.9 Å². The Hall–Kier alpha value is -2.10. The van der Waals surface area contributed by atoms with Crippen molar-refractivity contribution in [2.45, 2.75) is 13.8 Å². The molecule has 0 aromatic heterocycles. The number of carbonyl (C=O) groups is 4. The Labute approximate surface area is 92.3 Å². The first-order chi connectivity index (χ1) is 7.52. The molecule has 0 fully saturated rings. The maximum absolute atomic E-state index is 11.4. The van der Waals surface area contributed by atoms with E-state index < -0.39 is 5.78 Å². The fourth-order valence-electron chi connectivity index (χ4n) is 1.54. The van der Waals surface area contributed by atoms with E-state index in [1.807, 2.05) is 0 Å². The summed E-state index contributed by atoms with van der Waals surface area (Å²) in [5.74, 6) is -0.721. The Bertz CT molecular complexity index is 486. The van der Waals surface area contributed by atoms with Gasteiger partial charge in [0.1, 0.15) is 0 Å². The monoisotopic (exact) mass is 218 g/mol. The third kappa shape index (κ3) is 1.95. The van der Waals surface area contributed by atoms with Gasteiger partial charge in [0.2, 0.25) is 0 Å². The molecular weight excluding hydrogens is 208 g/mol. The molecule has 0 heterocycles. The molecule has 0 bridgehead atoms. The summed E-state index contributed by atoms with van der Waals surface area (Å²) in [5.41, 5.74) is 0.285. The van der Waals surface area contributed by atoms with Gasteiger partial charge in [0.15, 0.2) is 24.1 Å². The first-order valence-electron chi connectivity index (χ1n) is 4.62. The molecule has 0 aliphatic heterocycles. The van der Waals surface area contributed by atoms with Gasteiger partial charge in [-0.25, -0.2) is 0 Å². The van der Waals surface area contributed by atoms with Crippen LogP contribution >= 0.6 is 0 Å². The molecule has 0 saturated heterocycles. The minimum absolute atomic E-state index is 0.0183. The van der Waals surface area contributed by atoms with Crippen LogP contribution in [-0.2, 0) is 0 Å². The Morgan fingerprint density at radius 3 is 2.00 bits per heavy atom. The molecule has 1 aromatic rings. The summed E-state index contributed by atoms with van der Waals surface area (Å²) < 4.78 is 0. The standard InChI is InChI=1S/C12H10O4/c1-7(15)10-4-3-9(5-13)11(6-14)12(10)8(2)16/h3-6H,1-2H3. The molecule has 0 aliphatic carbocycles. The van der Waals surface area contributed by atoms with Crippen molar-refractivity contribution in [2.24, 2.45) is 0 Å². The molecule has 1 aromatic carbocycles. The van der Waals surface area contributed by atoms with E-state index in [0.717, 1.165) is 0 Å². The van der Waals surface area contributed by atoms with Gasteiger partial charge in [-0.15, -0.1) is 0 Å². The lowest BCUT2D eigenvalue weighted by molar-refractivity contribution is 0.0977. The van der Waals surface area contributed by atoms with Crippen LogP contribution in [0.5, 0.6) is 0 Å². The largest absolute Gasteiger partial charge is 0.298 e. The summed E-state index contributed by atoms with van der Waals surface area (Å²) in [7, 11) is 0. The number of carbonyl (C=O) groups excluding carboxylic acids is 4. The molecule has 0 aliphatic rings. The van der Waals surface area contributed by atoms with Crippen LogP contribution in [-0.4, -0.2) is 24.1 Å². The maximum Gasteiger partial charge on any atom is 0.161 e. The van der Waals surface area contributed by atoms with E-state index >= 15 is 0 Å². The van der Waals surface area contributed by atoms with Crippen molar-refractivity contribution < 1.29 is 19.2 Å². The van der Waals surface area contributed by atoms with Crippen molar-refractivity contribution in [1.82, 2.24) is 0 Å². The zero-order chi connectivity index (χ0) is 12.3. The second-order valence-electron chi connectivity index (χ2n) is 3.34. The van der Waals surface area contributed by atoms with Crippen LogP contribution in [0.2, 0.25) is 0 Å². The van der Waals surface area contributed by atoms with Crippen LogP contribution in [0.25, 0.3) is 0 Å². The first kappa shape index (κ1) is 12.0. The highest BCUT2D eigenvalue weighted by Crippen LogP contribution is 2.18. The third-order valence-electron chi connectivity index (χ3n) is 2.26. The van der Waals surface area contributed by atoms with Crippen molar-refractivity contribution in [3.63, 3.8) is 0 Å². The smallest absolute Gasteiger partial charge is 0.161 e. The highest BCUT2D eigenvalue weighted by molar-refractivity contribution is 6.13. The quantitative estimate of drug-likeness (QED) is 0.570. The summed E-state index contributed by atoms with van der Waals surface area (Å²) in [4.78, 5) is 44.2. The third-order valence-corrected chi connectivity index (χ3v) is 2.26. The number of hydrogen-bond acceptors (Lipinski definition) is 4. The van der Waals surface area contributed by atoms with E-state index in [2.05, 4.69) is 0 Å². The Balaban J connectivity index is 3.69. The lowest BCUT2D eigenvalue weighted by Gasteiger charge is -2.08. The topological polar surface area (TPSA) is 68.3 Å². The Morgan fingerprint density at radius 1 is 1.00 bits per heavy atom. The summed E-state index contributed by atoms with van der Waals surface area (Å²) in [6.07, 6.45) is 0.910. The van der Waals surface area contributed by atoms with E-state index in [1.165, 1.54) is 26.0 Å². The second kappa shape index (κ2) is 4.61. The molecule has 0 saturated carbocycles. The minimum atomic E-state index is -0.406. The van der Waals surface area contributed by atoms with Gasteiger partial charge in [0.25, 0.3) is 0 Å². The predicted molar refractivity (Wildman–Crippen MR) is 57.2 cm³/mol. The number of hydrogen-bond donors (Lipinski definition) is 0. The summed E-state index contributed by atoms with van der Waals surface area (Å²) >= 11 is 0. The maximum atomic E-state index is 11.4. The number of Topliss-reactive ketones (excluding diaryl/α,β-unsaturated/α-hetero) is 2. The minimum Gasteiger partial charge on any atom is -0.298 e. The summed E-state index contributed by atoms with van der Waals surface area (Å²) in [6, 6.07) is 2.75. The Morgan fingerprint density at radius 2 is 1.62 bits per heavy atom. The molecule has 0 unspecified atom stereocenters. The zero-order valence-electron chi connectivity index (χ0n) is 8.94. The molecule has 1 rings (SSSR count). The van der Waals surface area contributed by atoms with Gasteiger partial charge in [0.05, 0.1) is 0 Å². The fraction of sp³-hybridized carbons (Fsp3) is 0.167. The molecule has 0 amide bonds. The molecule has 4 nitrogen and oxygen atoms in total.